The van der Waals surface area contributed by atoms with Crippen LogP contribution in [0.5, 0.6) is 0 Å². The number of ether oxygens (including phenoxy) is 1. The van der Waals surface area contributed by atoms with Gasteiger partial charge in [-0.25, -0.2) is 0 Å². The van der Waals surface area contributed by atoms with Crippen molar-refractivity contribution in [1.82, 2.24) is 5.32 Å². The average molecular weight is 814 g/mol. The van der Waals surface area contributed by atoms with Gasteiger partial charge in [0.05, 0.1) is 25.2 Å². The van der Waals surface area contributed by atoms with Gasteiger partial charge in [0.25, 0.3) is 0 Å². The van der Waals surface area contributed by atoms with Gasteiger partial charge < -0.3 is 20.3 Å². The fraction of sp³-hybridized carbons (Fsp3) is 0.808. The molecule has 58 heavy (non-hydrogen) atoms. The monoisotopic (exact) mass is 814 g/mol. The van der Waals surface area contributed by atoms with Crippen LogP contribution < -0.4 is 5.32 Å². The maximum absolute atomic E-state index is 13.1. The molecule has 0 aliphatic carbocycles. The van der Waals surface area contributed by atoms with E-state index >= 15 is 0 Å². The molecule has 0 aromatic rings. The second kappa shape index (κ2) is 45.9. The van der Waals surface area contributed by atoms with Crippen molar-refractivity contribution in [2.75, 3.05) is 6.61 Å². The van der Waals surface area contributed by atoms with Gasteiger partial charge in [-0.3, -0.25) is 9.59 Å². The molecule has 0 saturated carbocycles. The van der Waals surface area contributed by atoms with E-state index in [1.165, 1.54) is 122 Å². The molecule has 3 atom stereocenters. The number of hydrogen-bond donors (Lipinski definition) is 3. The van der Waals surface area contributed by atoms with E-state index in [1.54, 1.807) is 0 Å². The van der Waals surface area contributed by atoms with Crippen LogP contribution in [0, 0.1) is 0 Å². The van der Waals surface area contributed by atoms with Crippen LogP contribution in [0.1, 0.15) is 245 Å². The number of allylic oxidation sites excluding steroid dienone is 8. The Kier molecular flexibility index (Phi) is 44.2. The third-order valence-electron chi connectivity index (χ3n) is 11.1. The number of amides is 1. The molecule has 0 rings (SSSR count). The number of unbranched alkanes of at least 4 members (excludes halogenated alkanes) is 24. The van der Waals surface area contributed by atoms with E-state index in [2.05, 4.69) is 74.7 Å². The molecule has 0 aliphatic rings. The molecule has 6 nitrogen and oxygen atoms in total. The van der Waals surface area contributed by atoms with Gasteiger partial charge in [-0.2, -0.15) is 0 Å². The zero-order chi connectivity index (χ0) is 42.4. The smallest absolute Gasteiger partial charge is 0.306 e. The highest BCUT2D eigenvalue weighted by Crippen LogP contribution is 2.17. The zero-order valence-corrected chi connectivity index (χ0v) is 38.4. The highest BCUT2D eigenvalue weighted by Gasteiger charge is 2.24. The molecule has 0 radical (unpaired) electrons. The van der Waals surface area contributed by atoms with Crippen molar-refractivity contribution in [3.05, 3.63) is 48.6 Å². The second-order valence-corrected chi connectivity index (χ2v) is 16.8. The van der Waals surface area contributed by atoms with Crippen molar-refractivity contribution >= 4 is 11.9 Å². The Morgan fingerprint density at radius 2 is 0.931 bits per heavy atom. The first kappa shape index (κ1) is 55.8. The van der Waals surface area contributed by atoms with Gasteiger partial charge in [0.1, 0.15) is 6.10 Å². The van der Waals surface area contributed by atoms with E-state index in [4.69, 9.17) is 4.74 Å². The maximum atomic E-state index is 13.1. The summed E-state index contributed by atoms with van der Waals surface area (Å²) in [7, 11) is 0. The van der Waals surface area contributed by atoms with Gasteiger partial charge in [-0.15, -0.1) is 0 Å². The van der Waals surface area contributed by atoms with Crippen molar-refractivity contribution in [3.8, 4) is 0 Å². The zero-order valence-electron chi connectivity index (χ0n) is 38.4. The summed E-state index contributed by atoms with van der Waals surface area (Å²) in [6.45, 7) is 6.34. The summed E-state index contributed by atoms with van der Waals surface area (Å²) in [5.41, 5.74) is 0. The Balaban J connectivity index is 4.58. The molecule has 0 aromatic heterocycles. The SMILES string of the molecule is CC/C=C/C/C=C/C/C=C/CCCCC(CC(=O)NC(CO)C(O)CCCCCCCCCCCC)OC(=O)CCCCCCCCC/C=C/CCCCCCCC. The highest BCUT2D eigenvalue weighted by atomic mass is 16.5. The molecule has 0 aliphatic heterocycles. The molecule has 6 heteroatoms. The van der Waals surface area contributed by atoms with Crippen LogP contribution in [-0.2, 0) is 14.3 Å². The summed E-state index contributed by atoms with van der Waals surface area (Å²) in [6, 6.07) is -0.712. The number of esters is 1. The van der Waals surface area contributed by atoms with Crippen LogP contribution in [0.4, 0.5) is 0 Å². The summed E-state index contributed by atoms with van der Waals surface area (Å²) in [5, 5.41) is 23.6. The second-order valence-electron chi connectivity index (χ2n) is 16.8. The maximum Gasteiger partial charge on any atom is 0.306 e. The Morgan fingerprint density at radius 3 is 1.45 bits per heavy atom. The molecular formula is C52H95NO5. The first-order chi connectivity index (χ1) is 28.5. The van der Waals surface area contributed by atoms with E-state index in [-0.39, 0.29) is 24.9 Å². The molecule has 0 bridgehead atoms. The molecular weight excluding hydrogens is 719 g/mol. The Morgan fingerprint density at radius 1 is 0.517 bits per heavy atom. The topological polar surface area (TPSA) is 95.9 Å². The molecule has 0 heterocycles. The van der Waals surface area contributed by atoms with Crippen LogP contribution in [0.15, 0.2) is 48.6 Å². The molecule has 3 N–H and O–H groups in total. The quantitative estimate of drug-likeness (QED) is 0.0323. The Hall–Kier alpha value is -2.18. The Bertz CT molecular complexity index is 1000. The van der Waals surface area contributed by atoms with Crippen molar-refractivity contribution < 1.29 is 24.5 Å². The third-order valence-corrected chi connectivity index (χ3v) is 11.1. The standard InChI is InChI=1S/C52H95NO5/c1-4-7-10-13-16-19-22-24-25-26-27-28-30-33-36-39-42-45-52(57)58-48(43-40-37-34-31-29-23-20-17-14-11-8-5-2)46-51(56)53-49(47-54)50(55)44-41-38-35-32-21-18-15-12-9-6-3/h8,11,17,20,24-25,29,31,48-50,54-55H,4-7,9-10,12-16,18-19,21-23,26-28,30,32-47H2,1-3H3,(H,53,56)/b11-8+,20-17+,25-24+,31-29+. The lowest BCUT2D eigenvalue weighted by molar-refractivity contribution is -0.151. The van der Waals surface area contributed by atoms with E-state index in [0.717, 1.165) is 77.0 Å². The summed E-state index contributed by atoms with van der Waals surface area (Å²) < 4.78 is 5.90. The minimum Gasteiger partial charge on any atom is -0.462 e. The van der Waals surface area contributed by atoms with Crippen LogP contribution in [0.3, 0.4) is 0 Å². The molecule has 3 unspecified atom stereocenters. The van der Waals surface area contributed by atoms with Crippen molar-refractivity contribution in [2.24, 2.45) is 0 Å². The average Bonchev–Trinajstić information content (AvgIpc) is 3.22. The number of rotatable bonds is 44. The summed E-state index contributed by atoms with van der Waals surface area (Å²) >= 11 is 0. The van der Waals surface area contributed by atoms with Crippen molar-refractivity contribution in [3.63, 3.8) is 0 Å². The summed E-state index contributed by atoms with van der Waals surface area (Å²) in [5.74, 6) is -0.515. The van der Waals surface area contributed by atoms with E-state index < -0.39 is 18.2 Å². The summed E-state index contributed by atoms with van der Waals surface area (Å²) in [4.78, 5) is 26.1. The lowest BCUT2D eigenvalue weighted by Crippen LogP contribution is -2.46. The van der Waals surface area contributed by atoms with Crippen LogP contribution in [-0.4, -0.2) is 46.9 Å². The molecule has 0 fully saturated rings. The van der Waals surface area contributed by atoms with Gasteiger partial charge in [0.15, 0.2) is 0 Å². The fourth-order valence-corrected chi connectivity index (χ4v) is 7.38. The van der Waals surface area contributed by atoms with Gasteiger partial charge in [-0.1, -0.05) is 198 Å². The molecule has 1 amide bonds. The fourth-order valence-electron chi connectivity index (χ4n) is 7.38. The Labute approximate surface area is 359 Å². The minimum atomic E-state index is -0.796. The van der Waals surface area contributed by atoms with Crippen molar-refractivity contribution in [2.45, 2.75) is 264 Å². The van der Waals surface area contributed by atoms with Crippen LogP contribution >= 0.6 is 0 Å². The predicted molar refractivity (Wildman–Crippen MR) is 250 cm³/mol. The lowest BCUT2D eigenvalue weighted by atomic mass is 10.0. The first-order valence-corrected chi connectivity index (χ1v) is 24.9. The number of carbonyl (C=O) groups excluding carboxylic acids is 2. The number of aliphatic hydroxyl groups is 2. The van der Waals surface area contributed by atoms with Gasteiger partial charge in [0.2, 0.25) is 5.91 Å². The van der Waals surface area contributed by atoms with Crippen LogP contribution in [0.25, 0.3) is 0 Å². The minimum absolute atomic E-state index is 0.0502. The number of carbonyl (C=O) groups is 2. The van der Waals surface area contributed by atoms with E-state index in [9.17, 15) is 19.8 Å². The largest absolute Gasteiger partial charge is 0.462 e. The number of hydrogen-bond acceptors (Lipinski definition) is 5. The number of aliphatic hydroxyl groups excluding tert-OH is 2. The van der Waals surface area contributed by atoms with E-state index in [0.29, 0.717) is 19.3 Å². The third kappa shape index (κ3) is 40.6. The molecule has 338 valence electrons. The molecule has 0 aromatic carbocycles. The molecule has 0 saturated heterocycles. The lowest BCUT2D eigenvalue weighted by Gasteiger charge is -2.24. The van der Waals surface area contributed by atoms with Crippen LogP contribution in [0.2, 0.25) is 0 Å². The first-order valence-electron chi connectivity index (χ1n) is 24.9. The highest BCUT2D eigenvalue weighted by molar-refractivity contribution is 5.77. The van der Waals surface area contributed by atoms with Gasteiger partial charge in [-0.05, 0) is 83.5 Å². The molecule has 0 spiro atoms. The number of nitrogens with one attached hydrogen (secondary N) is 1. The predicted octanol–water partition coefficient (Wildman–Crippen LogP) is 14.7. The van der Waals surface area contributed by atoms with Gasteiger partial charge >= 0.3 is 5.97 Å². The normalized spacial score (nSPS) is 13.7. The summed E-state index contributed by atoms with van der Waals surface area (Å²) in [6.07, 6.45) is 54.6. The van der Waals surface area contributed by atoms with Gasteiger partial charge in [0, 0.05) is 6.42 Å². The van der Waals surface area contributed by atoms with Crippen molar-refractivity contribution in [1.29, 1.82) is 0 Å². The van der Waals surface area contributed by atoms with E-state index in [1.807, 2.05) is 0 Å².